The lowest BCUT2D eigenvalue weighted by Crippen LogP contribution is -3.00. The molecule has 0 saturated carbocycles. The Morgan fingerprint density at radius 2 is 1.34 bits per heavy atom. The molecule has 29 heavy (non-hydrogen) atoms. The van der Waals surface area contributed by atoms with Gasteiger partial charge in [0.1, 0.15) is 12.3 Å². The number of ether oxygens (including phenoxy) is 1. The van der Waals surface area contributed by atoms with Gasteiger partial charge in [-0.1, -0.05) is 71.6 Å². The standard InChI is InChI=1S/C25H47N2O.ClH/c1-6-8-10-11-12-13-14-15-16-17-20-27(4,5)22-24-18-19-25(23(3)26-24)28-21-9-7-2;/h18-19H,6-17,20-22H2,1-5H3;1H/q+1;/p-1. The van der Waals surface area contributed by atoms with Gasteiger partial charge in [0.2, 0.25) is 0 Å². The van der Waals surface area contributed by atoms with E-state index in [-0.39, 0.29) is 12.4 Å². The van der Waals surface area contributed by atoms with Gasteiger partial charge in [0.25, 0.3) is 0 Å². The van der Waals surface area contributed by atoms with Crippen molar-refractivity contribution in [1.29, 1.82) is 0 Å². The molecule has 4 heteroatoms. The SMILES string of the molecule is CCCCCCCCCCCC[N+](C)(C)Cc1ccc(OCCCC)c(C)n1.[Cl-]. The van der Waals surface area contributed by atoms with E-state index >= 15 is 0 Å². The summed E-state index contributed by atoms with van der Waals surface area (Å²) in [4.78, 5) is 4.80. The van der Waals surface area contributed by atoms with E-state index in [2.05, 4.69) is 47.0 Å². The Hall–Kier alpha value is -0.800. The summed E-state index contributed by atoms with van der Waals surface area (Å²) >= 11 is 0. The second-order valence-corrected chi connectivity index (χ2v) is 9.09. The Labute approximate surface area is 187 Å². The summed E-state index contributed by atoms with van der Waals surface area (Å²) in [5.74, 6) is 0.942. The van der Waals surface area contributed by atoms with Crippen molar-refractivity contribution in [3.8, 4) is 5.75 Å². The van der Waals surface area contributed by atoms with Crippen LogP contribution < -0.4 is 17.1 Å². The molecule has 1 rings (SSSR count). The molecule has 1 heterocycles. The van der Waals surface area contributed by atoms with Gasteiger partial charge in [0.05, 0.1) is 38.6 Å². The highest BCUT2D eigenvalue weighted by Crippen LogP contribution is 2.19. The van der Waals surface area contributed by atoms with Crippen LogP contribution in [0.5, 0.6) is 5.75 Å². The van der Waals surface area contributed by atoms with Crippen LogP contribution in [-0.4, -0.2) is 36.7 Å². The fourth-order valence-corrected chi connectivity index (χ4v) is 3.71. The fourth-order valence-electron chi connectivity index (χ4n) is 3.71. The first kappa shape index (κ1) is 28.2. The highest BCUT2D eigenvalue weighted by molar-refractivity contribution is 5.28. The minimum Gasteiger partial charge on any atom is -1.00 e. The number of hydrogen-bond acceptors (Lipinski definition) is 2. The van der Waals surface area contributed by atoms with Gasteiger partial charge in [0.15, 0.2) is 0 Å². The highest BCUT2D eigenvalue weighted by atomic mass is 35.5. The van der Waals surface area contributed by atoms with Crippen molar-refractivity contribution < 1.29 is 21.6 Å². The van der Waals surface area contributed by atoms with E-state index in [9.17, 15) is 0 Å². The predicted molar refractivity (Wildman–Crippen MR) is 122 cm³/mol. The van der Waals surface area contributed by atoms with Crippen molar-refractivity contribution in [2.75, 3.05) is 27.2 Å². The molecule has 0 aliphatic heterocycles. The zero-order valence-electron chi connectivity index (χ0n) is 19.9. The number of nitrogens with zero attached hydrogens (tertiary/aromatic N) is 2. The number of quaternary nitrogens is 1. The van der Waals surface area contributed by atoms with Gasteiger partial charge in [0, 0.05) is 0 Å². The molecule has 3 nitrogen and oxygen atoms in total. The summed E-state index contributed by atoms with van der Waals surface area (Å²) < 4.78 is 6.85. The van der Waals surface area contributed by atoms with Gasteiger partial charge >= 0.3 is 0 Å². The Bertz CT molecular complexity index is 520. The summed E-state index contributed by atoms with van der Waals surface area (Å²) in [6.07, 6.45) is 16.3. The second-order valence-electron chi connectivity index (χ2n) is 9.09. The normalized spacial score (nSPS) is 11.3. The lowest BCUT2D eigenvalue weighted by atomic mass is 10.1. The molecular weight excluding hydrogens is 380 g/mol. The number of unbranched alkanes of at least 4 members (excludes halogenated alkanes) is 10. The van der Waals surface area contributed by atoms with Crippen molar-refractivity contribution in [3.63, 3.8) is 0 Å². The number of aromatic nitrogens is 1. The van der Waals surface area contributed by atoms with E-state index in [4.69, 9.17) is 9.72 Å². The average molecular weight is 427 g/mol. The van der Waals surface area contributed by atoms with Crippen LogP contribution in [0.1, 0.15) is 102 Å². The summed E-state index contributed by atoms with van der Waals surface area (Å²) in [6, 6.07) is 4.25. The van der Waals surface area contributed by atoms with Crippen LogP contribution in [0.25, 0.3) is 0 Å². The van der Waals surface area contributed by atoms with Crippen LogP contribution in [0, 0.1) is 6.92 Å². The first-order valence-electron chi connectivity index (χ1n) is 11.9. The molecule has 0 spiro atoms. The minimum atomic E-state index is 0. The van der Waals surface area contributed by atoms with Gasteiger partial charge in [-0.2, -0.15) is 0 Å². The maximum Gasteiger partial charge on any atom is 0.140 e. The Morgan fingerprint density at radius 3 is 1.90 bits per heavy atom. The van der Waals surface area contributed by atoms with Crippen LogP contribution >= 0.6 is 0 Å². The maximum absolute atomic E-state index is 5.83. The quantitative estimate of drug-likeness (QED) is 0.276. The Balaban J connectivity index is 0.00000784. The summed E-state index contributed by atoms with van der Waals surface area (Å²) in [5, 5.41) is 0. The molecular formula is C25H47ClN2O. The fraction of sp³-hybridized carbons (Fsp3) is 0.800. The van der Waals surface area contributed by atoms with E-state index in [0.717, 1.165) is 41.9 Å². The first-order valence-corrected chi connectivity index (χ1v) is 11.9. The number of rotatable bonds is 17. The molecule has 170 valence electrons. The Morgan fingerprint density at radius 1 is 0.793 bits per heavy atom. The smallest absolute Gasteiger partial charge is 0.140 e. The van der Waals surface area contributed by atoms with E-state index in [1.54, 1.807) is 0 Å². The van der Waals surface area contributed by atoms with Crippen LogP contribution in [0.15, 0.2) is 12.1 Å². The molecule has 0 fully saturated rings. The summed E-state index contributed by atoms with van der Waals surface area (Å²) in [5.41, 5.74) is 2.20. The lowest BCUT2D eigenvalue weighted by molar-refractivity contribution is -0.904. The van der Waals surface area contributed by atoms with Gasteiger partial charge < -0.3 is 21.6 Å². The van der Waals surface area contributed by atoms with Crippen LogP contribution in [0.2, 0.25) is 0 Å². The largest absolute Gasteiger partial charge is 1.00 e. The van der Waals surface area contributed by atoms with Crippen LogP contribution in [-0.2, 0) is 6.54 Å². The zero-order chi connectivity index (χ0) is 20.7. The molecule has 0 saturated heterocycles. The number of halogens is 1. The predicted octanol–water partition coefficient (Wildman–Crippen LogP) is 4.07. The molecule has 1 aromatic heterocycles. The molecule has 0 aliphatic carbocycles. The molecule has 1 aromatic rings. The van der Waals surface area contributed by atoms with Crippen molar-refractivity contribution in [3.05, 3.63) is 23.5 Å². The molecule has 0 bridgehead atoms. The lowest BCUT2D eigenvalue weighted by Gasteiger charge is -2.29. The van der Waals surface area contributed by atoms with Crippen molar-refractivity contribution in [2.24, 2.45) is 0 Å². The van der Waals surface area contributed by atoms with E-state index in [1.165, 1.54) is 76.4 Å². The third-order valence-electron chi connectivity index (χ3n) is 5.56. The van der Waals surface area contributed by atoms with Crippen molar-refractivity contribution in [2.45, 2.75) is 104 Å². The molecule has 0 amide bonds. The second kappa shape index (κ2) is 16.9. The minimum absolute atomic E-state index is 0. The number of pyridine rings is 1. The van der Waals surface area contributed by atoms with E-state index in [0.29, 0.717) is 0 Å². The summed E-state index contributed by atoms with van der Waals surface area (Å²) in [6.45, 7) is 9.55. The Kier molecular flexibility index (Phi) is 16.5. The van der Waals surface area contributed by atoms with Gasteiger partial charge in [-0.05, 0) is 38.3 Å². The average Bonchev–Trinajstić information content (AvgIpc) is 2.65. The maximum atomic E-state index is 5.83. The molecule has 0 aliphatic rings. The van der Waals surface area contributed by atoms with Crippen LogP contribution in [0.4, 0.5) is 0 Å². The van der Waals surface area contributed by atoms with Gasteiger partial charge in [-0.25, -0.2) is 4.98 Å². The molecule has 0 N–H and O–H groups in total. The number of hydrogen-bond donors (Lipinski definition) is 0. The van der Waals surface area contributed by atoms with Gasteiger partial charge in [-0.3, -0.25) is 0 Å². The molecule has 0 radical (unpaired) electrons. The first-order chi connectivity index (χ1) is 13.5. The summed E-state index contributed by atoms with van der Waals surface area (Å²) in [7, 11) is 4.66. The molecule has 0 aromatic carbocycles. The monoisotopic (exact) mass is 426 g/mol. The van der Waals surface area contributed by atoms with Gasteiger partial charge in [-0.15, -0.1) is 0 Å². The number of aryl methyl sites for hydroxylation is 1. The van der Waals surface area contributed by atoms with E-state index in [1.807, 2.05) is 0 Å². The molecule has 0 unspecified atom stereocenters. The van der Waals surface area contributed by atoms with Crippen molar-refractivity contribution in [1.82, 2.24) is 4.98 Å². The highest BCUT2D eigenvalue weighted by Gasteiger charge is 2.17. The van der Waals surface area contributed by atoms with Crippen molar-refractivity contribution >= 4 is 0 Å². The third kappa shape index (κ3) is 13.9. The topological polar surface area (TPSA) is 22.1 Å². The zero-order valence-corrected chi connectivity index (χ0v) is 20.7. The van der Waals surface area contributed by atoms with Crippen LogP contribution in [0.3, 0.4) is 0 Å². The third-order valence-corrected chi connectivity index (χ3v) is 5.56. The molecule has 0 atom stereocenters. The van der Waals surface area contributed by atoms with E-state index < -0.39 is 0 Å².